The van der Waals surface area contributed by atoms with E-state index in [1.807, 2.05) is 13.0 Å². The zero-order valence-corrected chi connectivity index (χ0v) is 18.2. The third-order valence-corrected chi connectivity index (χ3v) is 7.22. The first-order valence-electron chi connectivity index (χ1n) is 11.3. The minimum atomic E-state index is -0.815. The van der Waals surface area contributed by atoms with Gasteiger partial charge in [0.05, 0.1) is 12.3 Å². The van der Waals surface area contributed by atoms with Gasteiger partial charge in [0.25, 0.3) is 0 Å². The van der Waals surface area contributed by atoms with Gasteiger partial charge in [0.15, 0.2) is 0 Å². The maximum absolute atomic E-state index is 11.7. The second-order valence-electron chi connectivity index (χ2n) is 9.33. The van der Waals surface area contributed by atoms with Gasteiger partial charge in [0.2, 0.25) is 0 Å². The molecule has 4 atom stereocenters. The minimum absolute atomic E-state index is 0.229. The van der Waals surface area contributed by atoms with Crippen molar-refractivity contribution >= 4 is 0 Å². The van der Waals surface area contributed by atoms with Gasteiger partial charge in [-0.2, -0.15) is 0 Å². The lowest BCUT2D eigenvalue weighted by atomic mass is 9.83. The second-order valence-corrected chi connectivity index (χ2v) is 9.33. The van der Waals surface area contributed by atoms with Crippen molar-refractivity contribution in [3.8, 4) is 11.5 Å². The molecular weight excluding hydrogens is 376 g/mol. The number of aromatic nitrogens is 1. The molecule has 5 nitrogen and oxygen atoms in total. The van der Waals surface area contributed by atoms with Gasteiger partial charge in [0, 0.05) is 49.3 Å². The van der Waals surface area contributed by atoms with Crippen molar-refractivity contribution in [3.05, 3.63) is 52.8 Å². The number of hydrogen-bond acceptors (Lipinski definition) is 5. The number of fused-ring (bicyclic) bond motifs is 2. The Balaban J connectivity index is 1.37. The van der Waals surface area contributed by atoms with Crippen LogP contribution in [-0.2, 0) is 18.6 Å². The predicted octanol–water partition coefficient (Wildman–Crippen LogP) is 3.84. The van der Waals surface area contributed by atoms with Gasteiger partial charge in [-0.3, -0.25) is 9.88 Å². The molecule has 1 saturated heterocycles. The van der Waals surface area contributed by atoms with Gasteiger partial charge in [-0.1, -0.05) is 6.07 Å². The predicted molar refractivity (Wildman–Crippen MR) is 116 cm³/mol. The average Bonchev–Trinajstić information content (AvgIpc) is 3.37. The van der Waals surface area contributed by atoms with Crippen LogP contribution < -0.4 is 9.47 Å². The van der Waals surface area contributed by atoms with E-state index in [1.54, 1.807) is 6.20 Å². The van der Waals surface area contributed by atoms with Gasteiger partial charge in [0.1, 0.15) is 23.2 Å². The summed E-state index contributed by atoms with van der Waals surface area (Å²) < 4.78 is 12.0. The molecule has 3 heterocycles. The Morgan fingerprint density at radius 3 is 3.00 bits per heavy atom. The molecule has 2 aromatic rings. The summed E-state index contributed by atoms with van der Waals surface area (Å²) in [5.41, 5.74) is 3.57. The molecule has 1 aromatic heterocycles. The summed E-state index contributed by atoms with van der Waals surface area (Å²) >= 11 is 0. The maximum Gasteiger partial charge on any atom is 0.124 e. The van der Waals surface area contributed by atoms with Crippen LogP contribution in [0.2, 0.25) is 0 Å². The van der Waals surface area contributed by atoms with Crippen LogP contribution in [0.15, 0.2) is 30.5 Å². The van der Waals surface area contributed by atoms with Crippen LogP contribution in [0.1, 0.15) is 49.1 Å². The van der Waals surface area contributed by atoms with E-state index in [0.29, 0.717) is 12.5 Å². The van der Waals surface area contributed by atoms with Crippen molar-refractivity contribution in [2.75, 3.05) is 19.7 Å². The molecular formula is C25H32N2O3. The molecule has 3 aliphatic rings. The van der Waals surface area contributed by atoms with Crippen LogP contribution in [0, 0.1) is 18.8 Å². The highest BCUT2D eigenvalue weighted by atomic mass is 16.5. The van der Waals surface area contributed by atoms with Gasteiger partial charge < -0.3 is 14.6 Å². The summed E-state index contributed by atoms with van der Waals surface area (Å²) in [6.07, 6.45) is 4.84. The van der Waals surface area contributed by atoms with Gasteiger partial charge in [-0.05, 0) is 63.3 Å². The minimum Gasteiger partial charge on any atom is -0.494 e. The van der Waals surface area contributed by atoms with Crippen LogP contribution in [0.4, 0.5) is 0 Å². The third-order valence-electron chi connectivity index (χ3n) is 7.22. The van der Waals surface area contributed by atoms with Crippen molar-refractivity contribution in [1.82, 2.24) is 9.88 Å². The molecule has 5 rings (SSSR count). The fourth-order valence-electron chi connectivity index (χ4n) is 5.88. The lowest BCUT2D eigenvalue weighted by Gasteiger charge is -2.31. The molecule has 0 spiro atoms. The Bertz CT molecular complexity index is 946. The second kappa shape index (κ2) is 7.54. The first kappa shape index (κ1) is 19.8. The number of aryl methyl sites for hydroxylation is 1. The normalized spacial score (nSPS) is 30.2. The topological polar surface area (TPSA) is 54.8 Å². The Labute approximate surface area is 179 Å². The molecule has 2 fully saturated rings. The van der Waals surface area contributed by atoms with Crippen molar-refractivity contribution in [3.63, 3.8) is 0 Å². The number of pyridine rings is 1. The number of nitrogens with zero attached hydrogens (tertiary/aromatic N) is 2. The molecule has 0 bridgehead atoms. The lowest BCUT2D eigenvalue weighted by Crippen LogP contribution is -2.36. The van der Waals surface area contributed by atoms with Crippen molar-refractivity contribution in [2.45, 2.75) is 58.3 Å². The summed E-state index contributed by atoms with van der Waals surface area (Å²) in [5, 5.41) is 11.7. The lowest BCUT2D eigenvalue weighted by molar-refractivity contribution is -0.0114. The first-order chi connectivity index (χ1) is 14.5. The average molecular weight is 409 g/mol. The number of likely N-dealkylation sites (tertiary alicyclic amines) is 1. The Morgan fingerprint density at radius 2 is 2.20 bits per heavy atom. The quantitative estimate of drug-likeness (QED) is 0.815. The molecule has 0 unspecified atom stereocenters. The standard InChI is InChI=1S/C25H32N2O3/c1-4-29-22-11-19-10-17(3)30-23(19)12-20(22)14-27-13-18-7-8-25(28,21(18)15-27)24-16(2)6-5-9-26-24/h5-6,9,11-12,17-18,21,28H,4,7-8,10,13-15H2,1-3H3/t17-,18-,21+,25-/m0/s1. The Morgan fingerprint density at radius 1 is 1.33 bits per heavy atom. The number of rotatable bonds is 5. The fraction of sp³-hybridized carbons (Fsp3) is 0.560. The Kier molecular flexibility index (Phi) is 4.98. The fourth-order valence-corrected chi connectivity index (χ4v) is 5.88. The molecule has 0 radical (unpaired) electrons. The molecule has 1 saturated carbocycles. The van der Waals surface area contributed by atoms with E-state index < -0.39 is 5.60 Å². The van der Waals surface area contributed by atoms with E-state index >= 15 is 0 Å². The van der Waals surface area contributed by atoms with E-state index in [4.69, 9.17) is 9.47 Å². The van der Waals surface area contributed by atoms with Crippen molar-refractivity contribution in [2.24, 2.45) is 11.8 Å². The summed E-state index contributed by atoms with van der Waals surface area (Å²) in [4.78, 5) is 7.05. The van der Waals surface area contributed by atoms with Gasteiger partial charge in [-0.25, -0.2) is 0 Å². The number of hydrogen-bond donors (Lipinski definition) is 1. The van der Waals surface area contributed by atoms with E-state index in [2.05, 4.69) is 41.9 Å². The molecule has 1 N–H and O–H groups in total. The van der Waals surface area contributed by atoms with E-state index in [0.717, 1.165) is 61.7 Å². The van der Waals surface area contributed by atoms with E-state index in [-0.39, 0.29) is 12.0 Å². The smallest absolute Gasteiger partial charge is 0.124 e. The van der Waals surface area contributed by atoms with Crippen LogP contribution in [0.5, 0.6) is 11.5 Å². The highest BCUT2D eigenvalue weighted by molar-refractivity contribution is 5.48. The summed E-state index contributed by atoms with van der Waals surface area (Å²) in [7, 11) is 0. The monoisotopic (exact) mass is 408 g/mol. The highest BCUT2D eigenvalue weighted by Crippen LogP contribution is 2.51. The van der Waals surface area contributed by atoms with Crippen LogP contribution in [0.3, 0.4) is 0 Å². The summed E-state index contributed by atoms with van der Waals surface area (Å²) in [6.45, 7) is 9.58. The van der Waals surface area contributed by atoms with Gasteiger partial charge >= 0.3 is 0 Å². The third kappa shape index (κ3) is 3.28. The molecule has 1 aromatic carbocycles. The zero-order valence-electron chi connectivity index (χ0n) is 18.2. The van der Waals surface area contributed by atoms with E-state index in [1.165, 1.54) is 11.1 Å². The summed E-state index contributed by atoms with van der Waals surface area (Å²) in [6, 6.07) is 8.34. The number of benzene rings is 1. The van der Waals surface area contributed by atoms with E-state index in [9.17, 15) is 5.11 Å². The molecule has 2 aliphatic heterocycles. The number of aliphatic hydroxyl groups is 1. The van der Waals surface area contributed by atoms with Crippen molar-refractivity contribution < 1.29 is 14.6 Å². The van der Waals surface area contributed by atoms with Crippen LogP contribution >= 0.6 is 0 Å². The SMILES string of the molecule is CCOc1cc2c(cc1CN1C[C@@H]3CC[C@@](O)(c4ncccc4C)[C@@H]3C1)O[C@@H](C)C2. The molecule has 1 aliphatic carbocycles. The van der Waals surface area contributed by atoms with Gasteiger partial charge in [-0.15, -0.1) is 0 Å². The maximum atomic E-state index is 11.7. The number of ether oxygens (including phenoxy) is 2. The summed E-state index contributed by atoms with van der Waals surface area (Å²) in [5.74, 6) is 2.72. The van der Waals surface area contributed by atoms with Crippen LogP contribution in [-0.4, -0.2) is 40.8 Å². The first-order valence-corrected chi connectivity index (χ1v) is 11.3. The molecule has 5 heteroatoms. The van der Waals surface area contributed by atoms with Crippen molar-refractivity contribution in [1.29, 1.82) is 0 Å². The Hall–Kier alpha value is -2.11. The molecule has 0 amide bonds. The largest absolute Gasteiger partial charge is 0.494 e. The molecule has 160 valence electrons. The van der Waals surface area contributed by atoms with Crippen LogP contribution in [0.25, 0.3) is 0 Å². The molecule has 30 heavy (non-hydrogen) atoms. The highest BCUT2D eigenvalue weighted by Gasteiger charge is 2.53. The zero-order chi connectivity index (χ0) is 20.9.